The topological polar surface area (TPSA) is 49.9 Å². The highest BCUT2D eigenvalue weighted by Crippen LogP contribution is 2.30. The van der Waals surface area contributed by atoms with Crippen molar-refractivity contribution in [2.45, 2.75) is 6.54 Å². The van der Waals surface area contributed by atoms with Crippen molar-refractivity contribution in [3.8, 4) is 17.0 Å². The maximum absolute atomic E-state index is 6.10. The second-order valence-corrected chi connectivity index (χ2v) is 4.02. The molecule has 0 saturated heterocycles. The van der Waals surface area contributed by atoms with Gasteiger partial charge in [0.2, 0.25) is 0 Å². The lowest BCUT2D eigenvalue weighted by atomic mass is 10.1. The Hall–Kier alpha value is -1.52. The van der Waals surface area contributed by atoms with Crippen LogP contribution in [0, 0.1) is 0 Å². The molecule has 2 aromatic rings. The summed E-state index contributed by atoms with van der Waals surface area (Å²) in [7, 11) is 3.49. The molecule has 0 radical (unpaired) electrons. The number of benzene rings is 1. The smallest absolute Gasteiger partial charge is 0.137 e. The van der Waals surface area contributed by atoms with Gasteiger partial charge in [-0.05, 0) is 25.2 Å². The van der Waals surface area contributed by atoms with E-state index in [0.29, 0.717) is 10.8 Å². The summed E-state index contributed by atoms with van der Waals surface area (Å²) in [6.45, 7) is 0.735. The number of nitrogens with one attached hydrogen (secondary N) is 2. The predicted octanol–water partition coefficient (Wildman–Crippen LogP) is 2.46. The maximum Gasteiger partial charge on any atom is 0.137 e. The minimum absolute atomic E-state index is 0.586. The van der Waals surface area contributed by atoms with E-state index in [2.05, 4.69) is 15.3 Å². The molecule has 0 saturated carbocycles. The second kappa shape index (κ2) is 5.21. The van der Waals surface area contributed by atoms with Gasteiger partial charge in [-0.1, -0.05) is 11.6 Å². The van der Waals surface area contributed by atoms with E-state index in [4.69, 9.17) is 16.3 Å². The monoisotopic (exact) mass is 251 g/mol. The zero-order chi connectivity index (χ0) is 12.3. The van der Waals surface area contributed by atoms with Gasteiger partial charge in [0.05, 0.1) is 29.8 Å². The Bertz CT molecular complexity index is 510. The Labute approximate surface area is 105 Å². The number of aromatic amines is 1. The van der Waals surface area contributed by atoms with Gasteiger partial charge in [0, 0.05) is 12.1 Å². The molecule has 5 heteroatoms. The number of H-pyrrole nitrogens is 1. The first kappa shape index (κ1) is 12.0. The Morgan fingerprint density at radius 1 is 1.47 bits per heavy atom. The molecule has 1 heterocycles. The minimum Gasteiger partial charge on any atom is -0.495 e. The van der Waals surface area contributed by atoms with Gasteiger partial charge < -0.3 is 15.0 Å². The summed E-state index contributed by atoms with van der Waals surface area (Å²) in [6.07, 6.45) is 1.68. The highest BCUT2D eigenvalue weighted by atomic mass is 35.5. The van der Waals surface area contributed by atoms with Gasteiger partial charge in [0.25, 0.3) is 0 Å². The van der Waals surface area contributed by atoms with E-state index in [1.165, 1.54) is 0 Å². The molecule has 0 aliphatic heterocycles. The molecule has 17 heavy (non-hydrogen) atoms. The summed E-state index contributed by atoms with van der Waals surface area (Å²) < 4.78 is 5.12. The lowest BCUT2D eigenvalue weighted by molar-refractivity contribution is 0.415. The van der Waals surface area contributed by atoms with Crippen LogP contribution >= 0.6 is 11.6 Å². The van der Waals surface area contributed by atoms with Crippen LogP contribution in [0.15, 0.2) is 24.5 Å². The van der Waals surface area contributed by atoms with E-state index < -0.39 is 0 Å². The molecule has 2 N–H and O–H groups in total. The van der Waals surface area contributed by atoms with Gasteiger partial charge in [0.15, 0.2) is 0 Å². The van der Waals surface area contributed by atoms with Crippen LogP contribution in [0.25, 0.3) is 11.3 Å². The average molecular weight is 252 g/mol. The number of ether oxygens (including phenoxy) is 1. The van der Waals surface area contributed by atoms with Crippen LogP contribution in [0.2, 0.25) is 5.02 Å². The number of nitrogens with zero attached hydrogens (tertiary/aromatic N) is 1. The van der Waals surface area contributed by atoms with Gasteiger partial charge >= 0.3 is 0 Å². The number of methoxy groups -OCH3 is 1. The molecule has 0 aliphatic carbocycles. The number of imidazole rings is 1. The highest BCUT2D eigenvalue weighted by Gasteiger charge is 2.09. The average Bonchev–Trinajstić information content (AvgIpc) is 2.78. The SMILES string of the molecule is CNCc1[nH]cnc1-c1ccc(OC)c(Cl)c1. The Kier molecular flexibility index (Phi) is 3.66. The Morgan fingerprint density at radius 3 is 2.94 bits per heavy atom. The fraction of sp³-hybridized carbons (Fsp3) is 0.250. The molecule has 0 atom stereocenters. The van der Waals surface area contributed by atoms with Crippen LogP contribution in [-0.4, -0.2) is 24.1 Å². The van der Waals surface area contributed by atoms with Crippen LogP contribution in [0.1, 0.15) is 5.69 Å². The molecule has 2 rings (SSSR count). The van der Waals surface area contributed by atoms with Crippen LogP contribution in [-0.2, 0) is 6.54 Å². The molecule has 0 spiro atoms. The summed E-state index contributed by atoms with van der Waals surface area (Å²) in [6, 6.07) is 5.64. The first-order valence-corrected chi connectivity index (χ1v) is 5.64. The van der Waals surface area contributed by atoms with E-state index >= 15 is 0 Å². The van der Waals surface area contributed by atoms with Crippen LogP contribution in [0.4, 0.5) is 0 Å². The number of rotatable bonds is 4. The zero-order valence-electron chi connectivity index (χ0n) is 9.75. The normalized spacial score (nSPS) is 10.5. The van der Waals surface area contributed by atoms with Gasteiger partial charge in [-0.2, -0.15) is 0 Å². The van der Waals surface area contributed by atoms with Crippen LogP contribution in [0.5, 0.6) is 5.75 Å². The molecule has 0 amide bonds. The fourth-order valence-corrected chi connectivity index (χ4v) is 1.95. The van der Waals surface area contributed by atoms with E-state index in [1.54, 1.807) is 13.4 Å². The lowest BCUT2D eigenvalue weighted by Gasteiger charge is -2.06. The first-order valence-electron chi connectivity index (χ1n) is 5.27. The molecule has 90 valence electrons. The van der Waals surface area contributed by atoms with E-state index in [0.717, 1.165) is 23.5 Å². The van der Waals surface area contributed by atoms with Crippen molar-refractivity contribution in [1.29, 1.82) is 0 Å². The van der Waals surface area contributed by atoms with Crippen molar-refractivity contribution in [3.05, 3.63) is 35.2 Å². The second-order valence-electron chi connectivity index (χ2n) is 3.61. The van der Waals surface area contributed by atoms with Gasteiger partial charge in [-0.3, -0.25) is 0 Å². The molecule has 0 fully saturated rings. The first-order chi connectivity index (χ1) is 8.26. The van der Waals surface area contributed by atoms with E-state index in [9.17, 15) is 0 Å². The molecule has 0 bridgehead atoms. The maximum atomic E-state index is 6.10. The molecule has 1 aromatic carbocycles. The van der Waals surface area contributed by atoms with E-state index in [-0.39, 0.29) is 0 Å². The number of aromatic nitrogens is 2. The van der Waals surface area contributed by atoms with E-state index in [1.807, 2.05) is 25.2 Å². The van der Waals surface area contributed by atoms with Crippen molar-refractivity contribution in [2.75, 3.05) is 14.2 Å². The summed E-state index contributed by atoms with van der Waals surface area (Å²) in [4.78, 5) is 7.41. The standard InChI is InChI=1S/C12H14ClN3O/c1-14-6-10-12(16-7-15-10)8-3-4-11(17-2)9(13)5-8/h3-5,7,14H,6H2,1-2H3,(H,15,16). The van der Waals surface area contributed by atoms with Crippen molar-refractivity contribution in [2.24, 2.45) is 0 Å². The molecular weight excluding hydrogens is 238 g/mol. The zero-order valence-corrected chi connectivity index (χ0v) is 10.5. The van der Waals surface area contributed by atoms with Crippen molar-refractivity contribution < 1.29 is 4.74 Å². The third-order valence-electron chi connectivity index (χ3n) is 2.50. The molecule has 0 unspecified atom stereocenters. The van der Waals surface area contributed by atoms with Crippen molar-refractivity contribution in [3.63, 3.8) is 0 Å². The summed E-state index contributed by atoms with van der Waals surface area (Å²) in [5.74, 6) is 0.668. The summed E-state index contributed by atoms with van der Waals surface area (Å²) in [5.41, 5.74) is 2.92. The molecular formula is C12H14ClN3O. The fourth-order valence-electron chi connectivity index (χ4n) is 1.69. The predicted molar refractivity (Wildman–Crippen MR) is 68.3 cm³/mol. The largest absolute Gasteiger partial charge is 0.495 e. The number of halogens is 1. The van der Waals surface area contributed by atoms with Crippen molar-refractivity contribution in [1.82, 2.24) is 15.3 Å². The van der Waals surface area contributed by atoms with Gasteiger partial charge in [0.1, 0.15) is 5.75 Å². The Balaban J connectivity index is 2.39. The van der Waals surface area contributed by atoms with Gasteiger partial charge in [-0.25, -0.2) is 4.98 Å². The Morgan fingerprint density at radius 2 is 2.29 bits per heavy atom. The van der Waals surface area contributed by atoms with Gasteiger partial charge in [-0.15, -0.1) is 0 Å². The van der Waals surface area contributed by atoms with Crippen molar-refractivity contribution >= 4 is 11.6 Å². The number of hydrogen-bond acceptors (Lipinski definition) is 3. The molecule has 1 aromatic heterocycles. The van der Waals surface area contributed by atoms with Crippen LogP contribution in [0.3, 0.4) is 0 Å². The summed E-state index contributed by atoms with van der Waals surface area (Å²) in [5, 5.41) is 3.67. The molecule has 4 nitrogen and oxygen atoms in total. The minimum atomic E-state index is 0.586. The van der Waals surface area contributed by atoms with Crippen LogP contribution < -0.4 is 10.1 Å². The molecule has 0 aliphatic rings. The quantitative estimate of drug-likeness (QED) is 0.878. The third-order valence-corrected chi connectivity index (χ3v) is 2.79. The lowest BCUT2D eigenvalue weighted by Crippen LogP contribution is -2.06. The highest BCUT2D eigenvalue weighted by molar-refractivity contribution is 6.32. The number of hydrogen-bond donors (Lipinski definition) is 2. The third kappa shape index (κ3) is 2.43. The summed E-state index contributed by atoms with van der Waals surface area (Å²) >= 11 is 6.10.